The highest BCUT2D eigenvalue weighted by Crippen LogP contribution is 2.28. The van der Waals surface area contributed by atoms with Gasteiger partial charge in [0.05, 0.1) is 18.3 Å². The molecule has 1 saturated heterocycles. The molecule has 0 saturated carbocycles. The molecule has 1 amide bonds. The Morgan fingerprint density at radius 1 is 1.07 bits per heavy atom. The van der Waals surface area contributed by atoms with Gasteiger partial charge in [-0.05, 0) is 30.5 Å². The molecule has 3 heterocycles. The summed E-state index contributed by atoms with van der Waals surface area (Å²) in [5.74, 6) is 0.691. The number of rotatable bonds is 5. The fourth-order valence-corrected chi connectivity index (χ4v) is 4.73. The van der Waals surface area contributed by atoms with Crippen LogP contribution in [0.3, 0.4) is 0 Å². The highest BCUT2D eigenvalue weighted by Gasteiger charge is 2.24. The minimum atomic E-state index is -0.436. The Kier molecular flexibility index (Phi) is 5.63. The molecular weight excluding hydrogens is 404 g/mol. The molecule has 8 nitrogen and oxygen atoms in total. The topological polar surface area (TPSA) is 76.8 Å². The lowest BCUT2D eigenvalue weighted by Gasteiger charge is -2.36. The number of fused-ring (bicyclic) bond motifs is 1. The number of aromatic nitrogens is 2. The van der Waals surface area contributed by atoms with Crippen LogP contribution in [-0.4, -0.2) is 53.2 Å². The number of piperazine rings is 1. The van der Waals surface area contributed by atoms with Gasteiger partial charge >= 0.3 is 5.69 Å². The van der Waals surface area contributed by atoms with E-state index in [1.54, 1.807) is 30.4 Å². The fraction of sp³-hybridized carbons (Fsp3) is 0.381. The maximum absolute atomic E-state index is 13.0. The van der Waals surface area contributed by atoms with Gasteiger partial charge in [-0.15, -0.1) is 11.3 Å². The van der Waals surface area contributed by atoms with Gasteiger partial charge < -0.3 is 14.5 Å². The van der Waals surface area contributed by atoms with Crippen LogP contribution >= 0.6 is 11.3 Å². The van der Waals surface area contributed by atoms with Gasteiger partial charge in [0, 0.05) is 32.7 Å². The molecule has 0 aliphatic carbocycles. The van der Waals surface area contributed by atoms with E-state index < -0.39 is 5.69 Å². The van der Waals surface area contributed by atoms with Crippen LogP contribution in [0.25, 0.3) is 10.2 Å². The lowest BCUT2D eigenvalue weighted by atomic mass is 10.2. The molecule has 1 aliphatic rings. The van der Waals surface area contributed by atoms with E-state index in [9.17, 15) is 14.4 Å². The average molecular weight is 429 g/mol. The summed E-state index contributed by atoms with van der Waals surface area (Å²) in [6, 6.07) is 9.57. The van der Waals surface area contributed by atoms with Crippen molar-refractivity contribution in [2.75, 3.05) is 38.2 Å². The third-order valence-corrected chi connectivity index (χ3v) is 6.40. The second-order valence-electron chi connectivity index (χ2n) is 7.09. The molecule has 1 fully saturated rings. The van der Waals surface area contributed by atoms with Gasteiger partial charge in [0.25, 0.3) is 5.56 Å². The number of carbonyl (C=O) groups excluding carboxylic acids is 1. The Morgan fingerprint density at radius 2 is 1.80 bits per heavy atom. The summed E-state index contributed by atoms with van der Waals surface area (Å²) < 4.78 is 8.56. The van der Waals surface area contributed by atoms with Crippen LogP contribution in [-0.2, 0) is 17.9 Å². The molecular formula is C21H24N4O4S. The van der Waals surface area contributed by atoms with Gasteiger partial charge in [-0.3, -0.25) is 18.7 Å². The summed E-state index contributed by atoms with van der Waals surface area (Å²) in [5, 5.41) is 1.78. The summed E-state index contributed by atoms with van der Waals surface area (Å²) in [7, 11) is 1.65. The normalized spacial score (nSPS) is 14.3. The SMILES string of the molecule is CCn1c(=O)c2sccc2n(CC(=O)N2CCN(c3ccccc3OC)CC2)c1=O. The molecule has 9 heteroatoms. The number of hydrogen-bond acceptors (Lipinski definition) is 6. The first kappa shape index (κ1) is 20.2. The van der Waals surface area contributed by atoms with Gasteiger partial charge in [0.1, 0.15) is 17.0 Å². The van der Waals surface area contributed by atoms with E-state index in [1.165, 1.54) is 20.5 Å². The zero-order chi connectivity index (χ0) is 21.3. The summed E-state index contributed by atoms with van der Waals surface area (Å²) >= 11 is 1.29. The lowest BCUT2D eigenvalue weighted by Crippen LogP contribution is -2.50. The molecule has 1 aliphatic heterocycles. The predicted molar refractivity (Wildman–Crippen MR) is 118 cm³/mol. The van der Waals surface area contributed by atoms with Crippen LogP contribution in [0.15, 0.2) is 45.3 Å². The molecule has 0 spiro atoms. The molecule has 4 rings (SSSR count). The summed E-state index contributed by atoms with van der Waals surface area (Å²) in [6.07, 6.45) is 0. The second kappa shape index (κ2) is 8.35. The van der Waals surface area contributed by atoms with Crippen molar-refractivity contribution in [3.8, 4) is 5.75 Å². The number of ether oxygens (including phenoxy) is 1. The maximum atomic E-state index is 13.0. The summed E-state index contributed by atoms with van der Waals surface area (Å²) in [5.41, 5.74) is 0.815. The number of thiophene rings is 1. The predicted octanol–water partition coefficient (Wildman–Crippen LogP) is 1.60. The molecule has 0 atom stereocenters. The monoisotopic (exact) mass is 428 g/mol. The van der Waals surface area contributed by atoms with Gasteiger partial charge in [-0.2, -0.15) is 0 Å². The molecule has 0 radical (unpaired) electrons. The second-order valence-corrected chi connectivity index (χ2v) is 8.01. The zero-order valence-corrected chi connectivity index (χ0v) is 17.9. The van der Waals surface area contributed by atoms with Crippen LogP contribution in [0.2, 0.25) is 0 Å². The molecule has 158 valence electrons. The van der Waals surface area contributed by atoms with Gasteiger partial charge in [0.15, 0.2) is 0 Å². The highest BCUT2D eigenvalue weighted by atomic mass is 32.1. The van der Waals surface area contributed by atoms with Crippen molar-refractivity contribution in [3.05, 3.63) is 56.5 Å². The van der Waals surface area contributed by atoms with E-state index in [0.717, 1.165) is 11.4 Å². The van der Waals surface area contributed by atoms with E-state index in [2.05, 4.69) is 4.90 Å². The minimum Gasteiger partial charge on any atom is -0.495 e. The van der Waals surface area contributed by atoms with Crippen LogP contribution in [0, 0.1) is 0 Å². The smallest absolute Gasteiger partial charge is 0.331 e. The number of hydrogen-bond donors (Lipinski definition) is 0. The summed E-state index contributed by atoms with van der Waals surface area (Å²) in [6.45, 7) is 4.45. The highest BCUT2D eigenvalue weighted by molar-refractivity contribution is 7.17. The largest absolute Gasteiger partial charge is 0.495 e. The number of carbonyl (C=O) groups is 1. The number of anilines is 1. The molecule has 0 bridgehead atoms. The van der Waals surface area contributed by atoms with Crippen molar-refractivity contribution in [2.24, 2.45) is 0 Å². The Labute approximate surface area is 177 Å². The Bertz CT molecular complexity index is 1190. The van der Waals surface area contributed by atoms with Crippen molar-refractivity contribution in [1.82, 2.24) is 14.0 Å². The van der Waals surface area contributed by atoms with Crippen molar-refractivity contribution in [2.45, 2.75) is 20.0 Å². The van der Waals surface area contributed by atoms with Crippen molar-refractivity contribution in [3.63, 3.8) is 0 Å². The number of amides is 1. The van der Waals surface area contributed by atoms with Gasteiger partial charge in [-0.1, -0.05) is 12.1 Å². The summed E-state index contributed by atoms with van der Waals surface area (Å²) in [4.78, 5) is 42.2. The van der Waals surface area contributed by atoms with E-state index in [1.807, 2.05) is 24.3 Å². The number of para-hydroxylation sites is 2. The molecule has 1 aromatic carbocycles. The fourth-order valence-electron chi connectivity index (χ4n) is 3.89. The number of methoxy groups -OCH3 is 1. The van der Waals surface area contributed by atoms with Crippen LogP contribution in [0.4, 0.5) is 5.69 Å². The Hall–Kier alpha value is -3.07. The van der Waals surface area contributed by atoms with E-state index in [0.29, 0.717) is 36.4 Å². The zero-order valence-electron chi connectivity index (χ0n) is 17.0. The van der Waals surface area contributed by atoms with Crippen molar-refractivity contribution in [1.29, 1.82) is 0 Å². The first-order valence-corrected chi connectivity index (χ1v) is 10.8. The van der Waals surface area contributed by atoms with Gasteiger partial charge in [0.2, 0.25) is 5.91 Å². The first-order valence-electron chi connectivity index (χ1n) is 9.91. The molecule has 2 aromatic heterocycles. The van der Waals surface area contributed by atoms with E-state index >= 15 is 0 Å². The average Bonchev–Trinajstić information content (AvgIpc) is 3.27. The quantitative estimate of drug-likeness (QED) is 0.617. The minimum absolute atomic E-state index is 0.0684. The number of benzene rings is 1. The number of nitrogens with zero attached hydrogens (tertiary/aromatic N) is 4. The van der Waals surface area contributed by atoms with Crippen molar-refractivity contribution < 1.29 is 9.53 Å². The third-order valence-electron chi connectivity index (χ3n) is 5.50. The standard InChI is InChI=1S/C21H24N4O4S/c1-3-24-20(27)19-16(8-13-30-19)25(21(24)28)14-18(26)23-11-9-22(10-12-23)15-6-4-5-7-17(15)29-2/h4-8,13H,3,9-12,14H2,1-2H3. The molecule has 0 unspecified atom stereocenters. The lowest BCUT2D eigenvalue weighted by molar-refractivity contribution is -0.132. The van der Waals surface area contributed by atoms with Crippen LogP contribution in [0.5, 0.6) is 5.75 Å². The van der Waals surface area contributed by atoms with Crippen molar-refractivity contribution >= 4 is 33.1 Å². The first-order chi connectivity index (χ1) is 14.5. The van der Waals surface area contributed by atoms with E-state index in [4.69, 9.17) is 4.74 Å². The van der Waals surface area contributed by atoms with Gasteiger partial charge in [-0.25, -0.2) is 4.79 Å². The molecule has 0 N–H and O–H groups in total. The third kappa shape index (κ3) is 3.49. The van der Waals surface area contributed by atoms with Crippen LogP contribution in [0.1, 0.15) is 6.92 Å². The maximum Gasteiger partial charge on any atom is 0.331 e. The Morgan fingerprint density at radius 3 is 2.50 bits per heavy atom. The Balaban J connectivity index is 1.52. The molecule has 30 heavy (non-hydrogen) atoms. The molecule has 3 aromatic rings. The van der Waals surface area contributed by atoms with Crippen LogP contribution < -0.4 is 20.9 Å². The van der Waals surface area contributed by atoms with E-state index in [-0.39, 0.29) is 24.6 Å².